The molecular weight excluding hydrogens is 286 g/mol. The van der Waals surface area contributed by atoms with Gasteiger partial charge in [0.25, 0.3) is 0 Å². The first-order chi connectivity index (χ1) is 10.1. The Morgan fingerprint density at radius 1 is 1.38 bits per heavy atom. The Balaban J connectivity index is 1.75. The predicted octanol–water partition coefficient (Wildman–Crippen LogP) is 2.63. The molecule has 1 fully saturated rings. The number of aryl methyl sites for hydroxylation is 2. The van der Waals surface area contributed by atoms with Crippen LogP contribution < -0.4 is 0 Å². The van der Waals surface area contributed by atoms with Gasteiger partial charge in [-0.05, 0) is 32.4 Å². The molecule has 0 spiro atoms. The summed E-state index contributed by atoms with van der Waals surface area (Å²) in [6.45, 7) is 4.98. The molecule has 0 aliphatic carbocycles. The SMILES string of the molecule is Cc1nn(C)c(Cl)c1CN1CCCCC1Cn1cccn1. The second-order valence-electron chi connectivity index (χ2n) is 5.83. The third-order valence-corrected chi connectivity index (χ3v) is 4.81. The van der Waals surface area contributed by atoms with Crippen LogP contribution in [0.15, 0.2) is 18.5 Å². The van der Waals surface area contributed by atoms with Gasteiger partial charge in [-0.25, -0.2) is 0 Å². The molecular formula is C15H22ClN5. The fourth-order valence-electron chi connectivity index (χ4n) is 3.16. The van der Waals surface area contributed by atoms with Crippen molar-refractivity contribution in [1.29, 1.82) is 0 Å². The molecule has 3 rings (SSSR count). The van der Waals surface area contributed by atoms with Gasteiger partial charge in [-0.2, -0.15) is 10.2 Å². The van der Waals surface area contributed by atoms with Gasteiger partial charge in [0.15, 0.2) is 0 Å². The Morgan fingerprint density at radius 3 is 2.90 bits per heavy atom. The molecule has 2 aromatic rings. The molecule has 6 heteroatoms. The van der Waals surface area contributed by atoms with Gasteiger partial charge in [-0.15, -0.1) is 0 Å². The Hall–Kier alpha value is -1.33. The van der Waals surface area contributed by atoms with Gasteiger partial charge in [0.05, 0.1) is 12.2 Å². The van der Waals surface area contributed by atoms with Gasteiger partial charge in [-0.1, -0.05) is 18.0 Å². The van der Waals surface area contributed by atoms with Crippen LogP contribution in [0.1, 0.15) is 30.5 Å². The molecule has 5 nitrogen and oxygen atoms in total. The highest BCUT2D eigenvalue weighted by Crippen LogP contribution is 2.25. The monoisotopic (exact) mass is 307 g/mol. The normalized spacial score (nSPS) is 20.0. The van der Waals surface area contributed by atoms with Crippen molar-refractivity contribution in [1.82, 2.24) is 24.5 Å². The first-order valence-corrected chi connectivity index (χ1v) is 7.92. The molecule has 114 valence electrons. The number of piperidine rings is 1. The van der Waals surface area contributed by atoms with Crippen LogP contribution in [-0.2, 0) is 20.1 Å². The molecule has 0 aromatic carbocycles. The van der Waals surface area contributed by atoms with E-state index in [-0.39, 0.29) is 0 Å². The van der Waals surface area contributed by atoms with Crippen molar-refractivity contribution in [3.63, 3.8) is 0 Å². The van der Waals surface area contributed by atoms with E-state index in [1.54, 1.807) is 4.68 Å². The van der Waals surface area contributed by atoms with Crippen molar-refractivity contribution in [3.05, 3.63) is 34.9 Å². The molecule has 21 heavy (non-hydrogen) atoms. The average molecular weight is 308 g/mol. The first kappa shape index (κ1) is 14.6. The van der Waals surface area contributed by atoms with Gasteiger partial charge < -0.3 is 0 Å². The zero-order valence-electron chi connectivity index (χ0n) is 12.7. The van der Waals surface area contributed by atoms with Crippen molar-refractivity contribution in [2.75, 3.05) is 6.54 Å². The zero-order valence-corrected chi connectivity index (χ0v) is 13.4. The smallest absolute Gasteiger partial charge is 0.131 e. The minimum atomic E-state index is 0.523. The van der Waals surface area contributed by atoms with Crippen LogP contribution in [-0.4, -0.2) is 37.0 Å². The average Bonchev–Trinajstić information content (AvgIpc) is 3.05. The molecule has 0 amide bonds. The topological polar surface area (TPSA) is 38.9 Å². The summed E-state index contributed by atoms with van der Waals surface area (Å²) in [6, 6.07) is 2.50. The third kappa shape index (κ3) is 3.14. The van der Waals surface area contributed by atoms with Crippen molar-refractivity contribution >= 4 is 11.6 Å². The second kappa shape index (κ2) is 6.20. The van der Waals surface area contributed by atoms with E-state index in [0.717, 1.165) is 36.0 Å². The Morgan fingerprint density at radius 2 is 2.24 bits per heavy atom. The fourth-order valence-corrected chi connectivity index (χ4v) is 3.39. The highest BCUT2D eigenvalue weighted by atomic mass is 35.5. The molecule has 1 aliphatic rings. The van der Waals surface area contributed by atoms with Gasteiger partial charge in [0, 0.05) is 37.6 Å². The molecule has 1 aliphatic heterocycles. The number of rotatable bonds is 4. The van der Waals surface area contributed by atoms with Crippen LogP contribution >= 0.6 is 11.6 Å². The number of likely N-dealkylation sites (tertiary alicyclic amines) is 1. The first-order valence-electron chi connectivity index (χ1n) is 7.54. The van der Waals surface area contributed by atoms with Gasteiger partial charge >= 0.3 is 0 Å². The second-order valence-corrected chi connectivity index (χ2v) is 6.18. The number of aromatic nitrogens is 4. The molecule has 0 saturated carbocycles. The van der Waals surface area contributed by atoms with Crippen molar-refractivity contribution in [3.8, 4) is 0 Å². The van der Waals surface area contributed by atoms with Crippen molar-refractivity contribution in [2.45, 2.75) is 45.3 Å². The standard InChI is InChI=1S/C15H22ClN5/c1-12-14(15(16)19(2)18-12)11-20-8-4-3-6-13(20)10-21-9-5-7-17-21/h5,7,9,13H,3-4,6,8,10-11H2,1-2H3. The largest absolute Gasteiger partial charge is 0.294 e. The molecule has 3 heterocycles. The zero-order chi connectivity index (χ0) is 14.8. The highest BCUT2D eigenvalue weighted by Gasteiger charge is 2.25. The van der Waals surface area contributed by atoms with E-state index in [1.807, 2.05) is 37.1 Å². The lowest BCUT2D eigenvalue weighted by atomic mass is 10.0. The maximum atomic E-state index is 6.38. The predicted molar refractivity (Wildman–Crippen MR) is 83.2 cm³/mol. The summed E-state index contributed by atoms with van der Waals surface area (Å²) in [6.07, 6.45) is 7.65. The van der Waals surface area contributed by atoms with E-state index in [0.29, 0.717) is 6.04 Å². The molecule has 0 bridgehead atoms. The van der Waals surface area contributed by atoms with Crippen LogP contribution in [0.3, 0.4) is 0 Å². The molecule has 1 atom stereocenters. The molecule has 2 aromatic heterocycles. The molecule has 0 radical (unpaired) electrons. The van der Waals surface area contributed by atoms with Crippen LogP contribution in [0.25, 0.3) is 0 Å². The Labute approximate surface area is 130 Å². The molecule has 0 N–H and O–H groups in total. The minimum Gasteiger partial charge on any atom is -0.294 e. The van der Waals surface area contributed by atoms with Gasteiger partial charge in [-0.3, -0.25) is 14.3 Å². The van der Waals surface area contributed by atoms with Crippen molar-refractivity contribution in [2.24, 2.45) is 7.05 Å². The quantitative estimate of drug-likeness (QED) is 0.871. The maximum Gasteiger partial charge on any atom is 0.131 e. The van der Waals surface area contributed by atoms with E-state index in [2.05, 4.69) is 15.1 Å². The molecule has 1 saturated heterocycles. The van der Waals surface area contributed by atoms with Gasteiger partial charge in [0.1, 0.15) is 5.15 Å². The summed E-state index contributed by atoms with van der Waals surface area (Å²) in [7, 11) is 1.90. The molecule has 1 unspecified atom stereocenters. The minimum absolute atomic E-state index is 0.523. The van der Waals surface area contributed by atoms with E-state index in [9.17, 15) is 0 Å². The Bertz CT molecular complexity index is 589. The summed E-state index contributed by atoms with van der Waals surface area (Å²) in [5.74, 6) is 0. The van der Waals surface area contributed by atoms with E-state index in [4.69, 9.17) is 11.6 Å². The lowest BCUT2D eigenvalue weighted by Gasteiger charge is -2.35. The summed E-state index contributed by atoms with van der Waals surface area (Å²) in [5, 5.41) is 9.52. The van der Waals surface area contributed by atoms with Gasteiger partial charge in [0.2, 0.25) is 0 Å². The summed E-state index contributed by atoms with van der Waals surface area (Å²) >= 11 is 6.38. The lowest BCUT2D eigenvalue weighted by Crippen LogP contribution is -2.41. The van der Waals surface area contributed by atoms with Crippen LogP contribution in [0.4, 0.5) is 0 Å². The number of halogens is 1. The van der Waals surface area contributed by atoms with Crippen molar-refractivity contribution < 1.29 is 0 Å². The lowest BCUT2D eigenvalue weighted by molar-refractivity contribution is 0.122. The van der Waals surface area contributed by atoms with E-state index < -0.39 is 0 Å². The maximum absolute atomic E-state index is 6.38. The summed E-state index contributed by atoms with van der Waals surface area (Å²) in [5.41, 5.74) is 2.19. The number of nitrogens with zero attached hydrogens (tertiary/aromatic N) is 5. The third-order valence-electron chi connectivity index (χ3n) is 4.34. The van der Waals surface area contributed by atoms with E-state index >= 15 is 0 Å². The summed E-state index contributed by atoms with van der Waals surface area (Å²) in [4.78, 5) is 2.53. The highest BCUT2D eigenvalue weighted by molar-refractivity contribution is 6.30. The van der Waals surface area contributed by atoms with Crippen LogP contribution in [0, 0.1) is 6.92 Å². The fraction of sp³-hybridized carbons (Fsp3) is 0.600. The van der Waals surface area contributed by atoms with Crippen LogP contribution in [0.2, 0.25) is 5.15 Å². The van der Waals surface area contributed by atoms with Crippen LogP contribution in [0.5, 0.6) is 0 Å². The van der Waals surface area contributed by atoms with E-state index in [1.165, 1.54) is 19.3 Å². The number of hydrogen-bond donors (Lipinski definition) is 0. The summed E-state index contributed by atoms with van der Waals surface area (Å²) < 4.78 is 3.79. The number of hydrogen-bond acceptors (Lipinski definition) is 3. The Kier molecular flexibility index (Phi) is 4.31.